The van der Waals surface area contributed by atoms with E-state index >= 15 is 0 Å². The normalized spacial score (nSPS) is 14.1. The molecule has 0 unspecified atom stereocenters. The number of hydrogen-bond acceptors (Lipinski definition) is 5. The highest BCUT2D eigenvalue weighted by Crippen LogP contribution is 2.31. The van der Waals surface area contributed by atoms with Crippen LogP contribution in [-0.2, 0) is 6.54 Å². The van der Waals surface area contributed by atoms with Crippen LogP contribution < -0.4 is 4.74 Å². The summed E-state index contributed by atoms with van der Waals surface area (Å²) in [4.78, 5) is 12.8. The Morgan fingerprint density at radius 3 is 2.85 bits per heavy atom. The maximum absolute atomic E-state index is 11.0. The van der Waals surface area contributed by atoms with Crippen LogP contribution in [0.2, 0.25) is 0 Å². The standard InChI is InChI=1S/C14H17N3O3/c1-20-14-6-3-11(9-13(14)17(18)19)10-16(8-2-7-15)12-4-5-12/h3,6,9,12H,2,4-5,8,10H2,1H3. The highest BCUT2D eigenvalue weighted by Gasteiger charge is 2.29. The molecule has 6 nitrogen and oxygen atoms in total. The molecule has 0 radical (unpaired) electrons. The number of methoxy groups -OCH3 is 1. The fourth-order valence-electron chi connectivity index (χ4n) is 2.24. The van der Waals surface area contributed by atoms with Crippen molar-refractivity contribution in [3.05, 3.63) is 33.9 Å². The van der Waals surface area contributed by atoms with Gasteiger partial charge in [0.25, 0.3) is 0 Å². The number of benzene rings is 1. The second kappa shape index (κ2) is 6.35. The Labute approximate surface area is 117 Å². The van der Waals surface area contributed by atoms with Gasteiger partial charge in [-0.25, -0.2) is 0 Å². The van der Waals surface area contributed by atoms with E-state index in [9.17, 15) is 10.1 Å². The molecule has 0 aliphatic heterocycles. The highest BCUT2D eigenvalue weighted by atomic mass is 16.6. The molecule has 106 valence electrons. The van der Waals surface area contributed by atoms with Crippen molar-refractivity contribution in [3.63, 3.8) is 0 Å². The molecule has 1 aromatic carbocycles. The molecule has 1 fully saturated rings. The van der Waals surface area contributed by atoms with Crippen molar-refractivity contribution in [3.8, 4) is 11.8 Å². The average Bonchev–Trinajstić information content (AvgIpc) is 3.27. The SMILES string of the molecule is COc1ccc(CN(CCC#N)C2CC2)cc1[N+](=O)[O-]. The molecule has 1 aliphatic carbocycles. The second-order valence-electron chi connectivity index (χ2n) is 4.87. The predicted molar refractivity (Wildman–Crippen MR) is 73.3 cm³/mol. The number of nitrogens with zero attached hydrogens (tertiary/aromatic N) is 3. The van der Waals surface area contributed by atoms with Gasteiger partial charge in [-0.1, -0.05) is 6.07 Å². The van der Waals surface area contributed by atoms with Crippen LogP contribution >= 0.6 is 0 Å². The Hall–Kier alpha value is -2.13. The number of rotatable bonds is 7. The molecule has 0 aromatic heterocycles. The van der Waals surface area contributed by atoms with E-state index in [0.717, 1.165) is 18.4 Å². The Morgan fingerprint density at radius 2 is 2.30 bits per heavy atom. The van der Waals surface area contributed by atoms with Crippen molar-refractivity contribution in [2.45, 2.75) is 31.8 Å². The lowest BCUT2D eigenvalue weighted by Gasteiger charge is -2.20. The van der Waals surface area contributed by atoms with Crippen LogP contribution in [0.3, 0.4) is 0 Å². The van der Waals surface area contributed by atoms with Gasteiger partial charge in [-0.15, -0.1) is 0 Å². The van der Waals surface area contributed by atoms with Crippen LogP contribution in [0.5, 0.6) is 5.75 Å². The minimum absolute atomic E-state index is 0.0129. The van der Waals surface area contributed by atoms with Gasteiger partial charge in [0.1, 0.15) is 0 Å². The molecular weight excluding hydrogens is 258 g/mol. The topological polar surface area (TPSA) is 79.4 Å². The minimum Gasteiger partial charge on any atom is -0.490 e. The van der Waals surface area contributed by atoms with Crippen LogP contribution in [0.15, 0.2) is 18.2 Å². The van der Waals surface area contributed by atoms with Gasteiger partial charge < -0.3 is 4.74 Å². The van der Waals surface area contributed by atoms with Crippen LogP contribution in [-0.4, -0.2) is 29.5 Å². The molecule has 6 heteroatoms. The molecule has 1 aliphatic rings. The molecule has 0 amide bonds. The van der Waals surface area contributed by atoms with Gasteiger partial charge in [0.2, 0.25) is 0 Å². The summed E-state index contributed by atoms with van der Waals surface area (Å²) in [6.07, 6.45) is 2.77. The van der Waals surface area contributed by atoms with E-state index < -0.39 is 4.92 Å². The summed E-state index contributed by atoms with van der Waals surface area (Å²) in [7, 11) is 1.42. The Bertz CT molecular complexity index is 535. The van der Waals surface area contributed by atoms with E-state index in [1.165, 1.54) is 7.11 Å². The molecule has 0 heterocycles. The van der Waals surface area contributed by atoms with Gasteiger partial charge in [-0.3, -0.25) is 15.0 Å². The highest BCUT2D eigenvalue weighted by molar-refractivity contribution is 5.48. The Morgan fingerprint density at radius 1 is 1.55 bits per heavy atom. The van der Waals surface area contributed by atoms with E-state index in [2.05, 4.69) is 11.0 Å². The number of hydrogen-bond donors (Lipinski definition) is 0. The number of nitriles is 1. The van der Waals surface area contributed by atoms with Crippen molar-refractivity contribution in [2.75, 3.05) is 13.7 Å². The van der Waals surface area contributed by atoms with E-state index in [1.807, 2.05) is 6.07 Å². The van der Waals surface area contributed by atoms with Gasteiger partial charge in [0.05, 0.1) is 18.1 Å². The Kier molecular flexibility index (Phi) is 4.53. The zero-order chi connectivity index (χ0) is 14.5. The summed E-state index contributed by atoms with van der Waals surface area (Å²) < 4.78 is 4.99. The zero-order valence-corrected chi connectivity index (χ0v) is 11.4. The average molecular weight is 275 g/mol. The first-order valence-corrected chi connectivity index (χ1v) is 6.58. The van der Waals surface area contributed by atoms with Crippen molar-refractivity contribution < 1.29 is 9.66 Å². The van der Waals surface area contributed by atoms with Gasteiger partial charge in [-0.2, -0.15) is 5.26 Å². The monoisotopic (exact) mass is 275 g/mol. The van der Waals surface area contributed by atoms with Crippen molar-refractivity contribution in [2.24, 2.45) is 0 Å². The molecule has 1 aromatic rings. The first-order chi connectivity index (χ1) is 9.65. The Balaban J connectivity index is 2.13. The molecule has 20 heavy (non-hydrogen) atoms. The molecule has 0 saturated heterocycles. The van der Waals surface area contributed by atoms with Crippen LogP contribution in [0, 0.1) is 21.4 Å². The van der Waals surface area contributed by atoms with Gasteiger partial charge in [0, 0.05) is 31.6 Å². The summed E-state index contributed by atoms with van der Waals surface area (Å²) >= 11 is 0. The molecular formula is C14H17N3O3. The number of nitro groups is 1. The van der Waals surface area contributed by atoms with Crippen LogP contribution in [0.1, 0.15) is 24.8 Å². The second-order valence-corrected chi connectivity index (χ2v) is 4.87. The summed E-state index contributed by atoms with van der Waals surface area (Å²) in [6, 6.07) is 7.69. The summed E-state index contributed by atoms with van der Waals surface area (Å²) in [6.45, 7) is 1.35. The third kappa shape index (κ3) is 3.45. The molecule has 1 saturated carbocycles. The maximum Gasteiger partial charge on any atom is 0.311 e. The third-order valence-corrected chi connectivity index (χ3v) is 3.40. The van der Waals surface area contributed by atoms with Crippen LogP contribution in [0.4, 0.5) is 5.69 Å². The van der Waals surface area contributed by atoms with E-state index in [0.29, 0.717) is 25.6 Å². The number of ether oxygens (including phenoxy) is 1. The summed E-state index contributed by atoms with van der Waals surface area (Å²) in [5.74, 6) is 0.272. The van der Waals surface area contributed by atoms with Crippen LogP contribution in [0.25, 0.3) is 0 Å². The quantitative estimate of drug-likeness (QED) is 0.564. The maximum atomic E-state index is 11.0. The minimum atomic E-state index is -0.431. The first-order valence-electron chi connectivity index (χ1n) is 6.58. The lowest BCUT2D eigenvalue weighted by Crippen LogP contribution is -2.26. The predicted octanol–water partition coefficient (Wildman–Crippen LogP) is 2.48. The third-order valence-electron chi connectivity index (χ3n) is 3.40. The smallest absolute Gasteiger partial charge is 0.311 e. The zero-order valence-electron chi connectivity index (χ0n) is 11.4. The molecule has 0 atom stereocenters. The number of nitro benzene ring substituents is 1. The molecule has 2 rings (SSSR count). The van der Waals surface area contributed by atoms with Gasteiger partial charge in [0.15, 0.2) is 5.75 Å². The molecule has 0 bridgehead atoms. The van der Waals surface area contributed by atoms with Crippen molar-refractivity contribution in [1.82, 2.24) is 4.90 Å². The fraction of sp³-hybridized carbons (Fsp3) is 0.500. The van der Waals surface area contributed by atoms with Gasteiger partial charge in [-0.05, 0) is 24.5 Å². The van der Waals surface area contributed by atoms with E-state index in [1.54, 1.807) is 12.1 Å². The van der Waals surface area contributed by atoms with E-state index in [-0.39, 0.29) is 11.4 Å². The summed E-state index contributed by atoms with van der Waals surface area (Å²) in [5, 5.41) is 19.7. The molecule has 0 spiro atoms. The van der Waals surface area contributed by atoms with Crippen molar-refractivity contribution in [1.29, 1.82) is 5.26 Å². The largest absolute Gasteiger partial charge is 0.490 e. The summed E-state index contributed by atoms with van der Waals surface area (Å²) in [5.41, 5.74) is 0.864. The van der Waals surface area contributed by atoms with Crippen molar-refractivity contribution >= 4 is 5.69 Å². The first kappa shape index (κ1) is 14.3. The lowest BCUT2D eigenvalue weighted by atomic mass is 10.1. The fourth-order valence-corrected chi connectivity index (χ4v) is 2.24. The molecule has 0 N–H and O–H groups in total. The van der Waals surface area contributed by atoms with Gasteiger partial charge >= 0.3 is 5.69 Å². The lowest BCUT2D eigenvalue weighted by molar-refractivity contribution is -0.385. The van der Waals surface area contributed by atoms with E-state index in [4.69, 9.17) is 10.00 Å².